The number of nitrogens with one attached hydrogen (secondary N) is 1. The summed E-state index contributed by atoms with van der Waals surface area (Å²) < 4.78 is 0. The summed E-state index contributed by atoms with van der Waals surface area (Å²) in [5.41, 5.74) is 3.41. The van der Waals surface area contributed by atoms with Gasteiger partial charge in [0.15, 0.2) is 0 Å². The Bertz CT molecular complexity index is 905. The molecule has 0 aliphatic carbocycles. The van der Waals surface area contributed by atoms with E-state index < -0.39 is 34.4 Å². The van der Waals surface area contributed by atoms with Gasteiger partial charge in [-0.25, -0.2) is 9.59 Å². The van der Waals surface area contributed by atoms with E-state index in [0.29, 0.717) is 10.6 Å². The first-order chi connectivity index (χ1) is 10.6. The molecule has 0 atom stereocenters. The molecule has 5 N–H and O–H groups in total. The third-order valence-electron chi connectivity index (χ3n) is 3.19. The van der Waals surface area contributed by atoms with Crippen LogP contribution in [0.15, 0.2) is 16.9 Å². The number of aryl methyl sites for hydroxylation is 1. The Morgan fingerprint density at radius 2 is 1.65 bits per heavy atom. The number of pyridine rings is 1. The Labute approximate surface area is 139 Å². The fourth-order valence-electron chi connectivity index (χ4n) is 2.16. The van der Waals surface area contributed by atoms with Gasteiger partial charge in [0, 0.05) is 21.2 Å². The molecular formula is C14H10Cl2N2O5. The lowest BCUT2D eigenvalue weighted by Crippen LogP contribution is -2.24. The predicted octanol–water partition coefficient (Wildman–Crippen LogP) is 2.64. The fraction of sp³-hybridized carbons (Fsp3) is 0.0714. The normalized spacial score (nSPS) is 10.6. The number of aromatic nitrogens is 1. The number of carboxylic acid groups (broad SMARTS) is 2. The molecule has 1 aromatic heterocycles. The van der Waals surface area contributed by atoms with Crippen molar-refractivity contribution in [1.82, 2.24) is 4.98 Å². The molecule has 9 heteroatoms. The fourth-order valence-corrected chi connectivity index (χ4v) is 2.64. The number of nitrogens with two attached hydrogens (primary N) is 1. The Morgan fingerprint density at radius 1 is 1.09 bits per heavy atom. The molecule has 0 saturated carbocycles. The van der Waals surface area contributed by atoms with Crippen molar-refractivity contribution in [2.45, 2.75) is 6.92 Å². The van der Waals surface area contributed by atoms with Gasteiger partial charge in [0.25, 0.3) is 5.56 Å². The largest absolute Gasteiger partial charge is 0.478 e. The average Bonchev–Trinajstić information content (AvgIpc) is 2.40. The number of hydrogen-bond acceptors (Lipinski definition) is 4. The number of halogens is 2. The van der Waals surface area contributed by atoms with Crippen molar-refractivity contribution in [1.29, 1.82) is 0 Å². The molecule has 2 aromatic rings. The zero-order valence-electron chi connectivity index (χ0n) is 11.6. The first kappa shape index (κ1) is 16.9. The lowest BCUT2D eigenvalue weighted by molar-refractivity contribution is 0.0695. The van der Waals surface area contributed by atoms with Gasteiger partial charge in [0.1, 0.15) is 16.9 Å². The highest BCUT2D eigenvalue weighted by Gasteiger charge is 2.28. The van der Waals surface area contributed by atoms with Gasteiger partial charge in [-0.05, 0) is 24.6 Å². The first-order valence-electron chi connectivity index (χ1n) is 6.13. The van der Waals surface area contributed by atoms with Gasteiger partial charge in [0.2, 0.25) is 0 Å². The molecule has 0 fully saturated rings. The van der Waals surface area contributed by atoms with Crippen LogP contribution in [0.2, 0.25) is 10.0 Å². The lowest BCUT2D eigenvalue weighted by Gasteiger charge is -2.14. The summed E-state index contributed by atoms with van der Waals surface area (Å²) in [5.74, 6) is -3.57. The number of rotatable bonds is 3. The number of carbonyl (C=O) groups is 2. The maximum absolute atomic E-state index is 11.9. The topological polar surface area (TPSA) is 133 Å². The average molecular weight is 357 g/mol. The summed E-state index contributed by atoms with van der Waals surface area (Å²) >= 11 is 12.0. The maximum Gasteiger partial charge on any atom is 0.342 e. The number of nitrogen functional groups attached to an aromatic ring is 1. The summed E-state index contributed by atoms with van der Waals surface area (Å²) in [6.45, 7) is 1.62. The molecule has 1 aromatic carbocycles. The van der Waals surface area contributed by atoms with Crippen LogP contribution in [0.5, 0.6) is 0 Å². The van der Waals surface area contributed by atoms with Crippen LogP contribution in [0.4, 0.5) is 5.82 Å². The van der Waals surface area contributed by atoms with Crippen LogP contribution < -0.4 is 11.3 Å². The quantitative estimate of drug-likeness (QED) is 0.667. The molecule has 0 amide bonds. The molecule has 2 rings (SSSR count). The monoisotopic (exact) mass is 356 g/mol. The predicted molar refractivity (Wildman–Crippen MR) is 85.6 cm³/mol. The van der Waals surface area contributed by atoms with Crippen LogP contribution in [0.25, 0.3) is 11.1 Å². The minimum Gasteiger partial charge on any atom is -0.478 e. The van der Waals surface area contributed by atoms with E-state index in [0.717, 1.165) is 0 Å². The van der Waals surface area contributed by atoms with Gasteiger partial charge >= 0.3 is 11.9 Å². The molecule has 0 saturated heterocycles. The summed E-state index contributed by atoms with van der Waals surface area (Å²) in [5, 5.41) is 19.0. The van der Waals surface area contributed by atoms with Crippen molar-refractivity contribution >= 4 is 41.0 Å². The van der Waals surface area contributed by atoms with Crippen LogP contribution in [-0.2, 0) is 0 Å². The highest BCUT2D eigenvalue weighted by atomic mass is 35.5. The lowest BCUT2D eigenvalue weighted by atomic mass is 9.94. The summed E-state index contributed by atoms with van der Waals surface area (Å²) in [6.07, 6.45) is 0. The zero-order chi connectivity index (χ0) is 17.5. The number of hydrogen-bond donors (Lipinski definition) is 4. The highest BCUT2D eigenvalue weighted by Crippen LogP contribution is 2.37. The number of benzene rings is 1. The third-order valence-corrected chi connectivity index (χ3v) is 3.91. The van der Waals surface area contributed by atoms with E-state index in [1.165, 1.54) is 12.1 Å². The summed E-state index contributed by atoms with van der Waals surface area (Å²) in [6, 6.07) is 2.74. The standard InChI is InChI=1S/C14H10Cl2N2O5/c1-4-2-5(7(16)3-6(4)15)8-9(13(20)21)11(17)18-12(19)10(8)14(22)23/h2-3H,1H3,(H,20,21)(H,22,23)(H3,17,18,19). The molecule has 23 heavy (non-hydrogen) atoms. The van der Waals surface area contributed by atoms with Crippen LogP contribution in [-0.4, -0.2) is 27.1 Å². The van der Waals surface area contributed by atoms with Gasteiger partial charge in [-0.1, -0.05) is 23.2 Å². The van der Waals surface area contributed by atoms with E-state index in [2.05, 4.69) is 0 Å². The Balaban J connectivity index is 3.06. The summed E-state index contributed by atoms with van der Waals surface area (Å²) in [4.78, 5) is 36.9. The highest BCUT2D eigenvalue weighted by molar-refractivity contribution is 6.37. The minimum atomic E-state index is -1.60. The Hall–Kier alpha value is -2.51. The molecule has 0 radical (unpaired) electrons. The molecule has 0 unspecified atom stereocenters. The second kappa shape index (κ2) is 5.94. The Morgan fingerprint density at radius 3 is 2.17 bits per heavy atom. The van der Waals surface area contributed by atoms with Crippen molar-refractivity contribution in [3.05, 3.63) is 49.2 Å². The minimum absolute atomic E-state index is 0.00407. The number of carboxylic acids is 2. The van der Waals surface area contributed by atoms with Crippen molar-refractivity contribution < 1.29 is 19.8 Å². The van der Waals surface area contributed by atoms with E-state index in [4.69, 9.17) is 28.9 Å². The van der Waals surface area contributed by atoms with E-state index in [-0.39, 0.29) is 16.1 Å². The SMILES string of the molecule is Cc1cc(-c2c(C(=O)O)c(N)[nH]c(=O)c2C(=O)O)c(Cl)cc1Cl. The van der Waals surface area contributed by atoms with E-state index in [9.17, 15) is 24.6 Å². The van der Waals surface area contributed by atoms with Gasteiger partial charge < -0.3 is 20.9 Å². The molecule has 0 aliphatic heterocycles. The first-order valence-corrected chi connectivity index (χ1v) is 6.89. The van der Waals surface area contributed by atoms with Crippen molar-refractivity contribution in [2.75, 3.05) is 5.73 Å². The second-order valence-electron chi connectivity index (χ2n) is 4.68. The summed E-state index contributed by atoms with van der Waals surface area (Å²) in [7, 11) is 0. The van der Waals surface area contributed by atoms with Gasteiger partial charge in [-0.2, -0.15) is 0 Å². The molecule has 0 aliphatic rings. The van der Waals surface area contributed by atoms with E-state index >= 15 is 0 Å². The molecular weight excluding hydrogens is 347 g/mol. The molecule has 0 bridgehead atoms. The van der Waals surface area contributed by atoms with Gasteiger partial charge in [-0.15, -0.1) is 0 Å². The smallest absolute Gasteiger partial charge is 0.342 e. The third kappa shape index (κ3) is 2.88. The number of anilines is 1. The second-order valence-corrected chi connectivity index (χ2v) is 5.50. The zero-order valence-corrected chi connectivity index (χ0v) is 13.1. The molecule has 7 nitrogen and oxygen atoms in total. The van der Waals surface area contributed by atoms with E-state index in [1.807, 2.05) is 4.98 Å². The number of aromatic amines is 1. The van der Waals surface area contributed by atoms with Crippen LogP contribution in [0.1, 0.15) is 26.3 Å². The molecule has 1 heterocycles. The van der Waals surface area contributed by atoms with Gasteiger partial charge in [-0.3, -0.25) is 4.79 Å². The number of H-pyrrole nitrogens is 1. The van der Waals surface area contributed by atoms with Crippen LogP contribution in [0.3, 0.4) is 0 Å². The van der Waals surface area contributed by atoms with Crippen molar-refractivity contribution in [2.24, 2.45) is 0 Å². The van der Waals surface area contributed by atoms with Crippen molar-refractivity contribution in [3.8, 4) is 11.1 Å². The molecule has 0 spiro atoms. The van der Waals surface area contributed by atoms with Crippen molar-refractivity contribution in [3.63, 3.8) is 0 Å². The van der Waals surface area contributed by atoms with Crippen LogP contribution in [0, 0.1) is 6.92 Å². The van der Waals surface area contributed by atoms with E-state index in [1.54, 1.807) is 6.92 Å². The molecule has 120 valence electrons. The maximum atomic E-state index is 11.9. The Kier molecular flexibility index (Phi) is 4.35. The van der Waals surface area contributed by atoms with Crippen LogP contribution >= 0.6 is 23.2 Å². The van der Waals surface area contributed by atoms with Gasteiger partial charge in [0.05, 0.1) is 0 Å². The number of aromatic carboxylic acids is 2.